The molecular formula is C15H27N2O5-. The second-order valence-electron chi connectivity index (χ2n) is 4.74. The van der Waals surface area contributed by atoms with Gasteiger partial charge < -0.3 is 20.1 Å². The van der Waals surface area contributed by atoms with E-state index in [1.807, 2.05) is 0 Å². The fourth-order valence-corrected chi connectivity index (χ4v) is 1.85. The van der Waals surface area contributed by atoms with Crippen molar-refractivity contribution < 1.29 is 23.9 Å². The number of ether oxygens (including phenoxy) is 2. The Morgan fingerprint density at radius 2 is 1.55 bits per heavy atom. The molecule has 0 rings (SSSR count). The Morgan fingerprint density at radius 3 is 2.14 bits per heavy atom. The van der Waals surface area contributed by atoms with E-state index < -0.39 is 11.9 Å². The monoisotopic (exact) mass is 315 g/mol. The Kier molecular flexibility index (Phi) is 12.1. The number of nitrogens with one attached hydrogen (secondary N) is 1. The van der Waals surface area contributed by atoms with Gasteiger partial charge in [0.05, 0.1) is 19.6 Å². The van der Waals surface area contributed by atoms with Crippen molar-refractivity contribution >= 4 is 17.8 Å². The van der Waals surface area contributed by atoms with Crippen LogP contribution in [-0.4, -0.2) is 55.6 Å². The van der Waals surface area contributed by atoms with Crippen LogP contribution in [0.25, 0.3) is 5.73 Å². The van der Waals surface area contributed by atoms with E-state index in [1.165, 1.54) is 4.90 Å². The highest BCUT2D eigenvalue weighted by atomic mass is 16.5. The molecule has 0 aromatic carbocycles. The van der Waals surface area contributed by atoms with Crippen LogP contribution in [0, 0.1) is 0 Å². The number of hydrogen-bond acceptors (Lipinski definition) is 5. The zero-order chi connectivity index (χ0) is 16.8. The van der Waals surface area contributed by atoms with Crippen molar-refractivity contribution in [3.8, 4) is 0 Å². The number of rotatable bonds is 12. The first-order chi connectivity index (χ1) is 10.5. The van der Waals surface area contributed by atoms with Gasteiger partial charge in [0.15, 0.2) is 0 Å². The van der Waals surface area contributed by atoms with Gasteiger partial charge in [0.25, 0.3) is 0 Å². The molecule has 0 bridgehead atoms. The molecule has 0 unspecified atom stereocenters. The third kappa shape index (κ3) is 10.1. The van der Waals surface area contributed by atoms with Crippen molar-refractivity contribution in [1.29, 1.82) is 0 Å². The molecule has 0 saturated carbocycles. The molecule has 0 aliphatic heterocycles. The summed E-state index contributed by atoms with van der Waals surface area (Å²) in [5.74, 6) is -1.05. The predicted octanol–water partition coefficient (Wildman–Crippen LogP) is 1.94. The van der Waals surface area contributed by atoms with Crippen molar-refractivity contribution in [2.75, 3.05) is 32.8 Å². The Balaban J connectivity index is 4.39. The minimum Gasteiger partial charge on any atom is -0.677 e. The van der Waals surface area contributed by atoms with E-state index in [2.05, 4.69) is 0 Å². The highest BCUT2D eigenvalue weighted by Crippen LogP contribution is 2.05. The van der Waals surface area contributed by atoms with Crippen LogP contribution in [0.2, 0.25) is 0 Å². The summed E-state index contributed by atoms with van der Waals surface area (Å²) in [7, 11) is 0. The molecule has 0 saturated heterocycles. The van der Waals surface area contributed by atoms with Crippen LogP contribution in [-0.2, 0) is 23.9 Å². The molecule has 7 nitrogen and oxygen atoms in total. The number of carbonyl (C=O) groups is 3. The van der Waals surface area contributed by atoms with Crippen LogP contribution in [0.5, 0.6) is 0 Å². The van der Waals surface area contributed by atoms with E-state index in [4.69, 9.17) is 15.2 Å². The Hall–Kier alpha value is -1.63. The predicted molar refractivity (Wildman–Crippen MR) is 82.1 cm³/mol. The lowest BCUT2D eigenvalue weighted by Crippen LogP contribution is -2.38. The zero-order valence-electron chi connectivity index (χ0n) is 13.6. The van der Waals surface area contributed by atoms with Crippen LogP contribution in [0.15, 0.2) is 0 Å². The second-order valence-corrected chi connectivity index (χ2v) is 4.74. The normalized spacial score (nSPS) is 10.1. The Bertz CT molecular complexity index is 347. The molecule has 0 aliphatic carbocycles. The smallest absolute Gasteiger partial charge is 0.325 e. The average Bonchev–Trinajstić information content (AvgIpc) is 2.48. The number of carbonyl (C=O) groups excluding carboxylic acids is 3. The van der Waals surface area contributed by atoms with Gasteiger partial charge in [-0.15, -0.1) is 0 Å². The third-order valence-corrected chi connectivity index (χ3v) is 2.94. The van der Waals surface area contributed by atoms with E-state index in [-0.39, 0.29) is 38.6 Å². The highest BCUT2D eigenvalue weighted by molar-refractivity contribution is 5.82. The van der Waals surface area contributed by atoms with E-state index in [0.29, 0.717) is 19.4 Å². The maximum Gasteiger partial charge on any atom is 0.325 e. The van der Waals surface area contributed by atoms with Crippen LogP contribution in [0.1, 0.15) is 46.0 Å². The molecule has 22 heavy (non-hydrogen) atoms. The number of amides is 1. The molecule has 0 aliphatic rings. The fourth-order valence-electron chi connectivity index (χ4n) is 1.85. The number of hydrogen-bond donors (Lipinski definition) is 0. The second kappa shape index (κ2) is 13.1. The lowest BCUT2D eigenvalue weighted by atomic mass is 10.1. The minimum atomic E-state index is -0.481. The summed E-state index contributed by atoms with van der Waals surface area (Å²) in [6, 6.07) is 0. The fraction of sp³-hybridized carbons (Fsp3) is 0.800. The van der Waals surface area contributed by atoms with Gasteiger partial charge in [-0.2, -0.15) is 6.54 Å². The largest absolute Gasteiger partial charge is 0.677 e. The van der Waals surface area contributed by atoms with Gasteiger partial charge in [0.2, 0.25) is 5.91 Å². The zero-order valence-corrected chi connectivity index (χ0v) is 13.6. The average molecular weight is 315 g/mol. The van der Waals surface area contributed by atoms with Gasteiger partial charge >= 0.3 is 11.9 Å². The number of nitrogens with zero attached hydrogens (tertiary/aromatic N) is 1. The van der Waals surface area contributed by atoms with Gasteiger partial charge in [-0.1, -0.05) is 12.8 Å². The third-order valence-electron chi connectivity index (χ3n) is 2.94. The topological polar surface area (TPSA) is 96.7 Å². The summed E-state index contributed by atoms with van der Waals surface area (Å²) in [5, 5.41) is 0. The van der Waals surface area contributed by atoms with E-state index in [0.717, 1.165) is 12.8 Å². The molecule has 0 aromatic rings. The van der Waals surface area contributed by atoms with Crippen LogP contribution >= 0.6 is 0 Å². The summed E-state index contributed by atoms with van der Waals surface area (Å²) >= 11 is 0. The first-order valence-electron chi connectivity index (χ1n) is 7.78. The van der Waals surface area contributed by atoms with Gasteiger partial charge in [-0.05, 0) is 20.3 Å². The Labute approximate surface area is 132 Å². The van der Waals surface area contributed by atoms with Crippen molar-refractivity contribution in [3.05, 3.63) is 5.73 Å². The molecule has 0 radical (unpaired) electrons. The minimum absolute atomic E-state index is 0.0612. The molecule has 1 amide bonds. The molecule has 0 aromatic heterocycles. The van der Waals surface area contributed by atoms with Gasteiger partial charge in [-0.25, -0.2) is 0 Å². The van der Waals surface area contributed by atoms with E-state index >= 15 is 0 Å². The molecule has 128 valence electrons. The molecule has 7 heteroatoms. The van der Waals surface area contributed by atoms with Crippen LogP contribution in [0.4, 0.5) is 0 Å². The van der Waals surface area contributed by atoms with Crippen molar-refractivity contribution in [3.63, 3.8) is 0 Å². The molecule has 1 N–H and O–H groups in total. The lowest BCUT2D eigenvalue weighted by Gasteiger charge is -2.21. The number of unbranched alkanes of at least 4 members (excludes halogenated alkanes) is 2. The summed E-state index contributed by atoms with van der Waals surface area (Å²) in [6.07, 6.45) is 2.61. The first kappa shape index (κ1) is 20.4. The van der Waals surface area contributed by atoms with Crippen molar-refractivity contribution in [1.82, 2.24) is 4.90 Å². The van der Waals surface area contributed by atoms with Gasteiger partial charge in [-0.3, -0.25) is 14.4 Å². The molecule has 0 atom stereocenters. The SMILES string of the molecule is CCOC(=O)CCN(CC(=O)OCC)C(=O)CCCCC[NH-]. The molecule has 0 spiro atoms. The molecule has 0 heterocycles. The van der Waals surface area contributed by atoms with E-state index in [1.54, 1.807) is 13.8 Å². The summed E-state index contributed by atoms with van der Waals surface area (Å²) in [5.41, 5.74) is 7.06. The standard InChI is InChI=1S/C15H27N2O5/c1-3-21-14(19)9-11-17(12-15(20)22-4-2)13(18)8-6-5-7-10-16/h16H,3-12H2,1-2H3/q-1. The summed E-state index contributed by atoms with van der Waals surface area (Å²) in [4.78, 5) is 36.4. The maximum atomic E-state index is 12.1. The van der Waals surface area contributed by atoms with Gasteiger partial charge in [0.1, 0.15) is 6.54 Å². The quantitative estimate of drug-likeness (QED) is 0.405. The summed E-state index contributed by atoms with van der Waals surface area (Å²) in [6.45, 7) is 4.30. The van der Waals surface area contributed by atoms with E-state index in [9.17, 15) is 14.4 Å². The maximum absolute atomic E-state index is 12.1. The molecular weight excluding hydrogens is 288 g/mol. The van der Waals surface area contributed by atoms with Crippen LogP contribution < -0.4 is 0 Å². The number of esters is 2. The first-order valence-corrected chi connectivity index (χ1v) is 7.78. The van der Waals surface area contributed by atoms with Crippen molar-refractivity contribution in [2.45, 2.75) is 46.0 Å². The Morgan fingerprint density at radius 1 is 0.909 bits per heavy atom. The van der Waals surface area contributed by atoms with Gasteiger partial charge in [0, 0.05) is 13.0 Å². The highest BCUT2D eigenvalue weighted by Gasteiger charge is 2.18. The van der Waals surface area contributed by atoms with Crippen molar-refractivity contribution in [2.24, 2.45) is 0 Å². The lowest BCUT2D eigenvalue weighted by molar-refractivity contribution is -0.150. The van der Waals surface area contributed by atoms with Crippen LogP contribution in [0.3, 0.4) is 0 Å². The summed E-state index contributed by atoms with van der Waals surface area (Å²) < 4.78 is 9.67. The molecule has 0 fully saturated rings.